The molecule has 2 heterocycles. The Hall–Kier alpha value is -2.73. The first-order valence-electron chi connectivity index (χ1n) is 10.8. The number of nitrogens with zero attached hydrogens (tertiary/aromatic N) is 2. The van der Waals surface area contributed by atoms with E-state index in [0.29, 0.717) is 28.9 Å². The molecule has 0 spiro atoms. The van der Waals surface area contributed by atoms with E-state index in [1.54, 1.807) is 7.11 Å². The summed E-state index contributed by atoms with van der Waals surface area (Å²) in [6.45, 7) is 4.40. The van der Waals surface area contributed by atoms with Gasteiger partial charge in [0.2, 0.25) is 0 Å². The molecule has 31 heavy (non-hydrogen) atoms. The number of amides is 1. The zero-order valence-corrected chi connectivity index (χ0v) is 18.9. The molecule has 0 N–H and O–H groups in total. The smallest absolute Gasteiger partial charge is 0.286 e. The van der Waals surface area contributed by atoms with Crippen molar-refractivity contribution in [3.63, 3.8) is 0 Å². The summed E-state index contributed by atoms with van der Waals surface area (Å²) in [7, 11) is 1.62. The highest BCUT2D eigenvalue weighted by atomic mass is 32.2. The maximum absolute atomic E-state index is 12.5. The van der Waals surface area contributed by atoms with E-state index in [2.05, 4.69) is 40.2 Å². The zero-order valence-electron chi connectivity index (χ0n) is 18.0. The van der Waals surface area contributed by atoms with Gasteiger partial charge in [-0.3, -0.25) is 4.79 Å². The quantitative estimate of drug-likeness (QED) is 0.595. The number of hydrogen-bond donors (Lipinski definition) is 0. The Morgan fingerprint density at radius 3 is 2.61 bits per heavy atom. The van der Waals surface area contributed by atoms with Crippen molar-refractivity contribution in [1.29, 1.82) is 0 Å². The molecular formula is C25H28N2O3S. The number of hydrogen-bond acceptors (Lipinski definition) is 5. The van der Waals surface area contributed by atoms with Gasteiger partial charge in [-0.25, -0.2) is 0 Å². The molecule has 4 rings (SSSR count). The third-order valence-corrected chi connectivity index (χ3v) is 6.69. The SMILES string of the molecule is CCOc1ccc(C=C2SC(N3CCC(Cc4ccccc4)CC3)=NC2=O)cc1OC. The Labute approximate surface area is 188 Å². The first kappa shape index (κ1) is 21.5. The molecule has 6 heteroatoms. The summed E-state index contributed by atoms with van der Waals surface area (Å²) in [5, 5.41) is 0.826. The second-order valence-corrected chi connectivity index (χ2v) is 8.78. The van der Waals surface area contributed by atoms with Gasteiger partial charge in [0.1, 0.15) is 0 Å². The molecule has 0 unspecified atom stereocenters. The summed E-state index contributed by atoms with van der Waals surface area (Å²) in [6.07, 6.45) is 5.25. The fraction of sp³-hybridized carbons (Fsp3) is 0.360. The lowest BCUT2D eigenvalue weighted by molar-refractivity contribution is -0.113. The minimum atomic E-state index is -0.167. The molecule has 2 aliphatic rings. The maximum Gasteiger partial charge on any atom is 0.286 e. The van der Waals surface area contributed by atoms with Crippen LogP contribution < -0.4 is 9.47 Å². The first-order valence-corrected chi connectivity index (χ1v) is 11.6. The van der Waals surface area contributed by atoms with Gasteiger partial charge < -0.3 is 14.4 Å². The molecule has 162 valence electrons. The molecule has 2 aliphatic heterocycles. The highest BCUT2D eigenvalue weighted by molar-refractivity contribution is 8.18. The van der Waals surface area contributed by atoms with E-state index in [4.69, 9.17) is 9.47 Å². The van der Waals surface area contributed by atoms with Gasteiger partial charge in [0.05, 0.1) is 18.6 Å². The number of piperidine rings is 1. The van der Waals surface area contributed by atoms with E-state index < -0.39 is 0 Å². The number of aliphatic imine (C=N–C) groups is 1. The average Bonchev–Trinajstić information content (AvgIpc) is 3.16. The van der Waals surface area contributed by atoms with Crippen LogP contribution in [0, 0.1) is 5.92 Å². The molecule has 2 aromatic rings. The van der Waals surface area contributed by atoms with Crippen LogP contribution in [-0.2, 0) is 11.2 Å². The van der Waals surface area contributed by atoms with E-state index in [1.165, 1.54) is 17.3 Å². The minimum absolute atomic E-state index is 0.167. The molecule has 0 radical (unpaired) electrons. The van der Waals surface area contributed by atoms with Gasteiger partial charge in [-0.2, -0.15) is 4.99 Å². The molecule has 1 saturated heterocycles. The number of methoxy groups -OCH3 is 1. The normalized spacial score (nSPS) is 18.4. The highest BCUT2D eigenvalue weighted by Gasteiger charge is 2.29. The Morgan fingerprint density at radius 1 is 1.13 bits per heavy atom. The van der Waals surface area contributed by atoms with E-state index in [-0.39, 0.29) is 5.91 Å². The Balaban J connectivity index is 1.36. The van der Waals surface area contributed by atoms with Gasteiger partial charge in [0, 0.05) is 13.1 Å². The first-order chi connectivity index (χ1) is 15.2. The molecule has 5 nitrogen and oxygen atoms in total. The van der Waals surface area contributed by atoms with Crippen molar-refractivity contribution >= 4 is 28.9 Å². The molecule has 1 fully saturated rings. The largest absolute Gasteiger partial charge is 0.493 e. The second-order valence-electron chi connectivity index (χ2n) is 7.77. The Morgan fingerprint density at radius 2 is 1.90 bits per heavy atom. The number of ether oxygens (including phenoxy) is 2. The van der Waals surface area contributed by atoms with Crippen LogP contribution >= 0.6 is 11.8 Å². The van der Waals surface area contributed by atoms with Crippen LogP contribution in [0.25, 0.3) is 6.08 Å². The zero-order chi connectivity index (χ0) is 21.6. The van der Waals surface area contributed by atoms with Crippen molar-refractivity contribution in [3.8, 4) is 11.5 Å². The van der Waals surface area contributed by atoms with Crippen molar-refractivity contribution in [2.24, 2.45) is 10.9 Å². The van der Waals surface area contributed by atoms with Crippen LogP contribution in [0.1, 0.15) is 30.9 Å². The summed E-state index contributed by atoms with van der Waals surface area (Å²) < 4.78 is 11.0. The van der Waals surface area contributed by atoms with E-state index >= 15 is 0 Å². The van der Waals surface area contributed by atoms with Gasteiger partial charge in [-0.1, -0.05) is 36.4 Å². The summed E-state index contributed by atoms with van der Waals surface area (Å²) in [4.78, 5) is 19.7. The second kappa shape index (κ2) is 10.1. The summed E-state index contributed by atoms with van der Waals surface area (Å²) in [5.74, 6) is 1.88. The fourth-order valence-corrected chi connectivity index (χ4v) is 4.97. The maximum atomic E-state index is 12.5. The number of amidine groups is 1. The topological polar surface area (TPSA) is 51.1 Å². The van der Waals surface area contributed by atoms with Gasteiger partial charge in [0.25, 0.3) is 5.91 Å². The number of rotatable bonds is 6. The standard InChI is InChI=1S/C25H28N2O3S/c1-3-30-21-10-9-20(16-22(21)29-2)17-23-24(28)26-25(31-23)27-13-11-19(12-14-27)15-18-7-5-4-6-8-18/h4-10,16-17,19H,3,11-15H2,1-2H3. The van der Waals surface area contributed by atoms with Crippen molar-refractivity contribution in [1.82, 2.24) is 4.90 Å². The van der Waals surface area contributed by atoms with Crippen LogP contribution in [0.3, 0.4) is 0 Å². The number of carbonyl (C=O) groups excluding carboxylic acids is 1. The Kier molecular flexibility index (Phi) is 6.97. The number of carbonyl (C=O) groups is 1. The van der Waals surface area contributed by atoms with Crippen molar-refractivity contribution in [2.45, 2.75) is 26.2 Å². The van der Waals surface area contributed by atoms with Crippen molar-refractivity contribution in [2.75, 3.05) is 26.8 Å². The highest BCUT2D eigenvalue weighted by Crippen LogP contribution is 2.34. The van der Waals surface area contributed by atoms with Crippen LogP contribution in [0.2, 0.25) is 0 Å². The molecule has 0 saturated carbocycles. The van der Waals surface area contributed by atoms with E-state index in [0.717, 1.165) is 43.1 Å². The summed E-state index contributed by atoms with van der Waals surface area (Å²) in [5.41, 5.74) is 2.30. The van der Waals surface area contributed by atoms with E-state index in [9.17, 15) is 4.79 Å². The van der Waals surface area contributed by atoms with Gasteiger partial charge in [-0.15, -0.1) is 0 Å². The lowest BCUT2D eigenvalue weighted by Gasteiger charge is -2.32. The predicted molar refractivity (Wildman–Crippen MR) is 127 cm³/mol. The molecule has 0 bridgehead atoms. The molecule has 0 aromatic heterocycles. The number of thioether (sulfide) groups is 1. The molecule has 1 amide bonds. The van der Waals surface area contributed by atoms with Crippen LogP contribution in [0.5, 0.6) is 11.5 Å². The lowest BCUT2D eigenvalue weighted by atomic mass is 9.90. The third kappa shape index (κ3) is 5.31. The van der Waals surface area contributed by atoms with Gasteiger partial charge in [0.15, 0.2) is 16.7 Å². The van der Waals surface area contributed by atoms with Gasteiger partial charge in [-0.05, 0) is 73.2 Å². The summed E-state index contributed by atoms with van der Waals surface area (Å²) >= 11 is 1.47. The average molecular weight is 437 g/mol. The summed E-state index contributed by atoms with van der Waals surface area (Å²) in [6, 6.07) is 16.4. The predicted octanol–water partition coefficient (Wildman–Crippen LogP) is 5.02. The molecule has 2 aromatic carbocycles. The molecule has 0 aliphatic carbocycles. The monoisotopic (exact) mass is 436 g/mol. The van der Waals surface area contributed by atoms with Crippen LogP contribution in [0.4, 0.5) is 0 Å². The van der Waals surface area contributed by atoms with Crippen molar-refractivity contribution in [3.05, 3.63) is 64.6 Å². The third-order valence-electron chi connectivity index (χ3n) is 5.65. The Bertz CT molecular complexity index is 980. The fourth-order valence-electron chi connectivity index (χ4n) is 4.01. The number of benzene rings is 2. The molecule has 0 atom stereocenters. The van der Waals surface area contributed by atoms with Crippen molar-refractivity contribution < 1.29 is 14.3 Å². The van der Waals surface area contributed by atoms with Gasteiger partial charge >= 0.3 is 0 Å². The van der Waals surface area contributed by atoms with E-state index in [1.807, 2.05) is 31.2 Å². The lowest BCUT2D eigenvalue weighted by Crippen LogP contribution is -2.37. The van der Waals surface area contributed by atoms with Crippen LogP contribution in [-0.4, -0.2) is 42.8 Å². The molecular weight excluding hydrogens is 408 g/mol. The minimum Gasteiger partial charge on any atom is -0.493 e. The number of likely N-dealkylation sites (tertiary alicyclic amines) is 1. The van der Waals surface area contributed by atoms with Crippen LogP contribution in [0.15, 0.2) is 58.4 Å².